The molecule has 9 heteroatoms. The van der Waals surface area contributed by atoms with E-state index >= 15 is 0 Å². The van der Waals surface area contributed by atoms with Gasteiger partial charge in [0.25, 0.3) is 0 Å². The highest BCUT2D eigenvalue weighted by Gasteiger charge is 2.21. The average Bonchev–Trinajstić information content (AvgIpc) is 3.36. The van der Waals surface area contributed by atoms with Gasteiger partial charge >= 0.3 is 23.4 Å². The molecule has 180 valence electrons. The normalized spacial score (nSPS) is 12.2. The van der Waals surface area contributed by atoms with Gasteiger partial charge in [0.2, 0.25) is 0 Å². The van der Waals surface area contributed by atoms with Crippen molar-refractivity contribution >= 4 is 34.9 Å². The fraction of sp³-hybridized carbons (Fsp3) is 0.231. The lowest BCUT2D eigenvalue weighted by Gasteiger charge is -2.06. The lowest BCUT2D eigenvalue weighted by Crippen LogP contribution is -2.35. The molecule has 0 aliphatic heterocycles. The summed E-state index contributed by atoms with van der Waals surface area (Å²) in [5.41, 5.74) is 1.64. The number of aromatic nitrogens is 4. The van der Waals surface area contributed by atoms with Crippen LogP contribution < -0.4 is 9.13 Å². The summed E-state index contributed by atoms with van der Waals surface area (Å²) >= 11 is 1.65. The van der Waals surface area contributed by atoms with E-state index in [4.69, 9.17) is 19.5 Å². The van der Waals surface area contributed by atoms with E-state index in [2.05, 4.69) is 12.1 Å². The molecule has 0 N–H and O–H groups in total. The van der Waals surface area contributed by atoms with Crippen LogP contribution in [-0.4, -0.2) is 35.1 Å². The molecule has 0 radical (unpaired) electrons. The van der Waals surface area contributed by atoms with Crippen molar-refractivity contribution in [2.75, 3.05) is 14.2 Å². The van der Waals surface area contributed by atoms with Gasteiger partial charge in [-0.05, 0) is 36.4 Å². The van der Waals surface area contributed by atoms with E-state index < -0.39 is 0 Å². The number of ether oxygens (including phenoxy) is 2. The maximum absolute atomic E-state index is 5.60. The van der Waals surface area contributed by atoms with Crippen LogP contribution in [0.1, 0.15) is 11.6 Å². The molecule has 0 unspecified atom stereocenters. The van der Waals surface area contributed by atoms with E-state index in [9.17, 15) is 0 Å². The largest absolute Gasteiger partial charge is 0.475 e. The van der Waals surface area contributed by atoms with Crippen LogP contribution in [0.5, 0.6) is 0 Å². The van der Waals surface area contributed by atoms with Gasteiger partial charge in [-0.1, -0.05) is 23.9 Å². The van der Waals surface area contributed by atoms with Crippen molar-refractivity contribution in [1.29, 1.82) is 0 Å². The monoisotopic (exact) mass is 490 g/mol. The maximum atomic E-state index is 5.60. The van der Waals surface area contributed by atoms with E-state index in [1.807, 2.05) is 108 Å². The highest BCUT2D eigenvalue weighted by atomic mass is 32.2. The Morgan fingerprint density at radius 1 is 0.743 bits per heavy atom. The zero-order valence-electron chi connectivity index (χ0n) is 20.8. The molecule has 2 aromatic carbocycles. The fourth-order valence-corrected chi connectivity index (χ4v) is 4.69. The lowest BCUT2D eigenvalue weighted by molar-refractivity contribution is -0.672. The first kappa shape index (κ1) is 24.3. The van der Waals surface area contributed by atoms with Gasteiger partial charge in [-0.3, -0.25) is 0 Å². The number of nitrogens with zero attached hydrogens (tertiary/aromatic N) is 6. The van der Waals surface area contributed by atoms with Crippen molar-refractivity contribution in [1.82, 2.24) is 9.13 Å². The van der Waals surface area contributed by atoms with Gasteiger partial charge in [0, 0.05) is 9.79 Å². The summed E-state index contributed by atoms with van der Waals surface area (Å²) in [6.07, 6.45) is 7.88. The van der Waals surface area contributed by atoms with Gasteiger partial charge < -0.3 is 9.47 Å². The van der Waals surface area contributed by atoms with E-state index in [0.717, 1.165) is 32.8 Å². The summed E-state index contributed by atoms with van der Waals surface area (Å²) in [6, 6.07) is 16.2. The van der Waals surface area contributed by atoms with Crippen LogP contribution in [0.2, 0.25) is 0 Å². The first-order valence-corrected chi connectivity index (χ1v) is 11.9. The standard InChI is InChI=1S/C26H30N6O2S/c1-29-13-14-30(2)25(29)23(33-5)27-19-9-7-11-21(17-19)35-22-12-8-10-20(18-22)28-24(34-6)26-31(3)15-16-32(26)4/h7-18H,1-6H3/q+2. The molecule has 0 bridgehead atoms. The third kappa shape index (κ3) is 5.46. The molecule has 0 saturated carbocycles. The number of hydrogen-bond donors (Lipinski definition) is 0. The smallest absolute Gasteiger partial charge is 0.344 e. The summed E-state index contributed by atoms with van der Waals surface area (Å²) in [7, 11) is 11.2. The number of methoxy groups -OCH3 is 2. The quantitative estimate of drug-likeness (QED) is 0.236. The second-order valence-corrected chi connectivity index (χ2v) is 9.17. The number of aryl methyl sites for hydroxylation is 4. The van der Waals surface area contributed by atoms with Gasteiger partial charge in [0.05, 0.1) is 53.8 Å². The number of imidazole rings is 2. The van der Waals surface area contributed by atoms with Crippen LogP contribution in [0.15, 0.2) is 93.1 Å². The summed E-state index contributed by atoms with van der Waals surface area (Å²) in [5.74, 6) is 2.88. The topological polar surface area (TPSA) is 60.8 Å². The molecule has 2 heterocycles. The van der Waals surface area contributed by atoms with E-state index in [1.165, 1.54) is 0 Å². The first-order chi connectivity index (χ1) is 16.9. The maximum Gasteiger partial charge on any atom is 0.344 e. The van der Waals surface area contributed by atoms with Crippen LogP contribution in [0.25, 0.3) is 0 Å². The predicted molar refractivity (Wildman–Crippen MR) is 137 cm³/mol. The summed E-state index contributed by atoms with van der Waals surface area (Å²) in [4.78, 5) is 11.6. The Morgan fingerprint density at radius 2 is 1.17 bits per heavy atom. The van der Waals surface area contributed by atoms with Gasteiger partial charge in [0.15, 0.2) is 0 Å². The van der Waals surface area contributed by atoms with Crippen LogP contribution in [0.4, 0.5) is 11.4 Å². The third-order valence-electron chi connectivity index (χ3n) is 5.47. The molecule has 0 amide bonds. The molecule has 0 aliphatic rings. The average molecular weight is 491 g/mol. The Balaban J connectivity index is 1.59. The van der Waals surface area contributed by atoms with Gasteiger partial charge in [0.1, 0.15) is 24.8 Å². The van der Waals surface area contributed by atoms with E-state index in [0.29, 0.717) is 11.8 Å². The van der Waals surface area contributed by atoms with Gasteiger partial charge in [-0.15, -0.1) is 0 Å². The Bertz CT molecular complexity index is 1260. The molecule has 0 spiro atoms. The SMILES string of the molecule is COC(=Nc1cccc(Sc2cccc(N=C(OC)c3n(C)cc[n+]3C)c2)c1)c1n(C)cc[n+]1C. The number of benzene rings is 2. The highest BCUT2D eigenvalue weighted by Crippen LogP contribution is 2.32. The minimum absolute atomic E-state index is 0.555. The zero-order chi connectivity index (χ0) is 24.9. The summed E-state index contributed by atoms with van der Waals surface area (Å²) in [6.45, 7) is 0. The number of rotatable bonds is 6. The Morgan fingerprint density at radius 3 is 1.51 bits per heavy atom. The minimum atomic E-state index is 0.555. The van der Waals surface area contributed by atoms with Crippen LogP contribution >= 0.6 is 11.8 Å². The van der Waals surface area contributed by atoms with Crippen molar-refractivity contribution in [3.05, 3.63) is 85.0 Å². The van der Waals surface area contributed by atoms with Gasteiger partial charge in [-0.25, -0.2) is 28.3 Å². The molecule has 0 saturated heterocycles. The predicted octanol–water partition coefficient (Wildman–Crippen LogP) is 3.61. The number of hydrogen-bond acceptors (Lipinski definition) is 5. The molecule has 4 aromatic rings. The van der Waals surface area contributed by atoms with Crippen LogP contribution in [0.3, 0.4) is 0 Å². The molecule has 35 heavy (non-hydrogen) atoms. The minimum Gasteiger partial charge on any atom is -0.475 e. The Labute approximate surface area is 209 Å². The van der Waals surface area contributed by atoms with E-state index in [-0.39, 0.29) is 0 Å². The molecule has 0 fully saturated rings. The summed E-state index contributed by atoms with van der Waals surface area (Å²) in [5, 5.41) is 0. The van der Waals surface area contributed by atoms with E-state index in [1.54, 1.807) is 26.0 Å². The molecular formula is C26H30N6O2S+2. The lowest BCUT2D eigenvalue weighted by atomic mass is 10.3. The second-order valence-electron chi connectivity index (χ2n) is 8.03. The van der Waals surface area contributed by atoms with Crippen LogP contribution in [0, 0.1) is 0 Å². The molecule has 0 aliphatic carbocycles. The van der Waals surface area contributed by atoms with Crippen LogP contribution in [-0.2, 0) is 37.7 Å². The van der Waals surface area contributed by atoms with Crippen molar-refractivity contribution in [3.63, 3.8) is 0 Å². The second kappa shape index (κ2) is 10.6. The molecule has 2 aromatic heterocycles. The number of aliphatic imine (C=N–C) groups is 2. The Kier molecular flexibility index (Phi) is 7.36. The zero-order valence-corrected chi connectivity index (χ0v) is 21.7. The summed E-state index contributed by atoms with van der Waals surface area (Å²) < 4.78 is 19.1. The highest BCUT2D eigenvalue weighted by molar-refractivity contribution is 7.99. The fourth-order valence-electron chi connectivity index (χ4n) is 3.76. The van der Waals surface area contributed by atoms with Crippen molar-refractivity contribution < 1.29 is 18.6 Å². The molecule has 0 atom stereocenters. The van der Waals surface area contributed by atoms with Crippen molar-refractivity contribution in [2.45, 2.75) is 9.79 Å². The van der Waals surface area contributed by atoms with Crippen molar-refractivity contribution in [3.8, 4) is 0 Å². The van der Waals surface area contributed by atoms with Gasteiger partial charge in [-0.2, -0.15) is 0 Å². The first-order valence-electron chi connectivity index (χ1n) is 11.1. The Hall–Kier alpha value is -3.85. The molecular weight excluding hydrogens is 460 g/mol. The molecule has 8 nitrogen and oxygen atoms in total. The third-order valence-corrected chi connectivity index (χ3v) is 6.44. The van der Waals surface area contributed by atoms with Crippen molar-refractivity contribution in [2.24, 2.45) is 38.2 Å². The molecule has 4 rings (SSSR count).